The van der Waals surface area contributed by atoms with Gasteiger partial charge in [0.25, 0.3) is 0 Å². The average Bonchev–Trinajstić information content (AvgIpc) is 2.49. The maximum atomic E-state index is 12.4. The van der Waals surface area contributed by atoms with Gasteiger partial charge in [0, 0.05) is 20.1 Å². The molecule has 0 aliphatic carbocycles. The van der Waals surface area contributed by atoms with Gasteiger partial charge in [0.15, 0.2) is 5.96 Å². The van der Waals surface area contributed by atoms with Gasteiger partial charge in [-0.25, -0.2) is 0 Å². The first-order valence-electron chi connectivity index (χ1n) is 6.54. The Labute approximate surface area is 149 Å². The fourth-order valence-electron chi connectivity index (χ4n) is 1.60. The lowest BCUT2D eigenvalue weighted by Crippen LogP contribution is -2.37. The number of methoxy groups -OCH3 is 1. The molecular weight excluding hydrogens is 426 g/mol. The second-order valence-electron chi connectivity index (χ2n) is 4.37. The molecule has 0 saturated carbocycles. The number of nitrogens with zero attached hydrogens (tertiary/aromatic N) is 1. The van der Waals surface area contributed by atoms with E-state index in [0.717, 1.165) is 12.1 Å². The number of nitrogens with one attached hydrogen (secondary N) is 2. The van der Waals surface area contributed by atoms with Crippen LogP contribution in [-0.4, -0.2) is 32.6 Å². The molecule has 0 atom stereocenters. The van der Waals surface area contributed by atoms with E-state index < -0.39 is 11.7 Å². The van der Waals surface area contributed by atoms with Gasteiger partial charge in [0.05, 0.1) is 19.1 Å². The molecule has 1 aromatic carbocycles. The minimum Gasteiger partial charge on any atom is -0.469 e. The topological polar surface area (TPSA) is 62.7 Å². The van der Waals surface area contributed by atoms with Crippen molar-refractivity contribution in [2.75, 3.05) is 20.7 Å². The van der Waals surface area contributed by atoms with E-state index >= 15 is 0 Å². The highest BCUT2D eigenvalue weighted by molar-refractivity contribution is 14.0. The molecule has 0 aromatic heterocycles. The predicted octanol–water partition coefficient (Wildman–Crippen LogP) is 2.55. The molecule has 0 radical (unpaired) electrons. The molecule has 23 heavy (non-hydrogen) atoms. The van der Waals surface area contributed by atoms with Crippen LogP contribution in [0.15, 0.2) is 29.3 Å². The van der Waals surface area contributed by atoms with Crippen LogP contribution in [0.3, 0.4) is 0 Å². The van der Waals surface area contributed by atoms with Crippen molar-refractivity contribution in [1.82, 2.24) is 10.6 Å². The van der Waals surface area contributed by atoms with E-state index in [1.54, 1.807) is 7.05 Å². The normalized spacial score (nSPS) is 11.4. The van der Waals surface area contributed by atoms with E-state index in [1.165, 1.54) is 19.2 Å². The Hall–Kier alpha value is -1.52. The van der Waals surface area contributed by atoms with Crippen molar-refractivity contribution in [2.45, 2.75) is 19.1 Å². The fraction of sp³-hybridized carbons (Fsp3) is 0.429. The Morgan fingerprint density at radius 3 is 2.30 bits per heavy atom. The zero-order chi connectivity index (χ0) is 16.6. The zero-order valence-corrected chi connectivity index (χ0v) is 15.1. The van der Waals surface area contributed by atoms with Crippen LogP contribution in [0.5, 0.6) is 0 Å². The minimum atomic E-state index is -4.34. The van der Waals surface area contributed by atoms with Crippen LogP contribution < -0.4 is 10.6 Å². The average molecular weight is 445 g/mol. The second-order valence-corrected chi connectivity index (χ2v) is 4.37. The van der Waals surface area contributed by atoms with Crippen LogP contribution in [0.2, 0.25) is 0 Å². The molecule has 0 unspecified atom stereocenters. The lowest BCUT2D eigenvalue weighted by molar-refractivity contribution is -0.140. The molecule has 0 aliphatic rings. The Kier molecular flexibility index (Phi) is 9.61. The van der Waals surface area contributed by atoms with Crippen LogP contribution in [-0.2, 0) is 22.3 Å². The molecule has 0 aliphatic heterocycles. The highest BCUT2D eigenvalue weighted by Gasteiger charge is 2.29. The van der Waals surface area contributed by atoms with Crippen LogP contribution >= 0.6 is 24.0 Å². The largest absolute Gasteiger partial charge is 0.469 e. The van der Waals surface area contributed by atoms with Gasteiger partial charge in [-0.05, 0) is 17.7 Å². The number of ether oxygens (including phenoxy) is 1. The lowest BCUT2D eigenvalue weighted by atomic mass is 10.1. The molecule has 0 spiro atoms. The molecule has 0 heterocycles. The highest BCUT2D eigenvalue weighted by Crippen LogP contribution is 2.28. The summed E-state index contributed by atoms with van der Waals surface area (Å²) < 4.78 is 41.8. The smallest absolute Gasteiger partial charge is 0.416 e. The molecule has 0 bridgehead atoms. The summed E-state index contributed by atoms with van der Waals surface area (Å²) >= 11 is 0. The van der Waals surface area contributed by atoms with E-state index in [9.17, 15) is 18.0 Å². The minimum absolute atomic E-state index is 0. The number of alkyl halides is 3. The van der Waals surface area contributed by atoms with Gasteiger partial charge in [-0.15, -0.1) is 24.0 Å². The maximum Gasteiger partial charge on any atom is 0.416 e. The molecule has 1 rings (SSSR count). The lowest BCUT2D eigenvalue weighted by Gasteiger charge is -2.12. The zero-order valence-electron chi connectivity index (χ0n) is 12.7. The number of carbonyl (C=O) groups is 1. The van der Waals surface area contributed by atoms with E-state index in [1.807, 2.05) is 0 Å². The van der Waals surface area contributed by atoms with E-state index in [-0.39, 0.29) is 36.4 Å². The first-order valence-corrected chi connectivity index (χ1v) is 6.54. The van der Waals surface area contributed by atoms with Crippen molar-refractivity contribution in [3.05, 3.63) is 35.4 Å². The number of hydrogen-bond acceptors (Lipinski definition) is 3. The van der Waals surface area contributed by atoms with Crippen LogP contribution in [0, 0.1) is 0 Å². The number of guanidine groups is 1. The summed E-state index contributed by atoms with van der Waals surface area (Å²) in [6, 6.07) is 4.87. The predicted molar refractivity (Wildman–Crippen MR) is 91.7 cm³/mol. The van der Waals surface area contributed by atoms with Crippen LogP contribution in [0.25, 0.3) is 0 Å². The van der Waals surface area contributed by atoms with Crippen LogP contribution in [0.4, 0.5) is 13.2 Å². The third-order valence-corrected chi connectivity index (χ3v) is 2.81. The molecule has 2 N–H and O–H groups in total. The number of rotatable bonds is 5. The Morgan fingerprint density at radius 1 is 1.22 bits per heavy atom. The molecule has 0 saturated heterocycles. The van der Waals surface area contributed by atoms with Crippen LogP contribution in [0.1, 0.15) is 17.5 Å². The summed E-state index contributed by atoms with van der Waals surface area (Å²) in [5.74, 6) is 0.106. The van der Waals surface area contributed by atoms with Gasteiger partial charge in [-0.1, -0.05) is 12.1 Å². The summed E-state index contributed by atoms with van der Waals surface area (Å²) in [6.45, 7) is 0.662. The van der Waals surface area contributed by atoms with Crippen molar-refractivity contribution < 1.29 is 22.7 Å². The maximum absolute atomic E-state index is 12.4. The first kappa shape index (κ1) is 21.5. The van der Waals surface area contributed by atoms with Gasteiger partial charge in [0.2, 0.25) is 0 Å². The standard InChI is InChI=1S/C14H18F3N3O2.HI/c1-18-13(19-8-7-12(21)22-2)20-9-10-3-5-11(6-4-10)14(15,16)17;/h3-6H,7-9H2,1-2H3,(H2,18,19,20);1H. The number of hydrogen-bond donors (Lipinski definition) is 2. The molecule has 0 fully saturated rings. The van der Waals surface area contributed by atoms with Gasteiger partial charge in [-0.3, -0.25) is 9.79 Å². The summed E-state index contributed by atoms with van der Waals surface area (Å²) in [7, 11) is 2.86. The number of esters is 1. The summed E-state index contributed by atoms with van der Waals surface area (Å²) in [5.41, 5.74) is 0.000697. The third-order valence-electron chi connectivity index (χ3n) is 2.81. The van der Waals surface area contributed by atoms with Crippen molar-refractivity contribution in [3.8, 4) is 0 Å². The van der Waals surface area contributed by atoms with Gasteiger partial charge >= 0.3 is 12.1 Å². The fourth-order valence-corrected chi connectivity index (χ4v) is 1.60. The van der Waals surface area contributed by atoms with E-state index in [2.05, 4.69) is 20.4 Å². The summed E-state index contributed by atoms with van der Waals surface area (Å²) in [5, 5.41) is 5.84. The molecular formula is C14H19F3IN3O2. The van der Waals surface area contributed by atoms with Crippen molar-refractivity contribution in [1.29, 1.82) is 0 Å². The number of aliphatic imine (C=N–C) groups is 1. The Balaban J connectivity index is 0.00000484. The van der Waals surface area contributed by atoms with Gasteiger partial charge in [-0.2, -0.15) is 13.2 Å². The molecule has 1 aromatic rings. The molecule has 9 heteroatoms. The summed E-state index contributed by atoms with van der Waals surface area (Å²) in [4.78, 5) is 14.9. The van der Waals surface area contributed by atoms with Crippen molar-refractivity contribution in [2.24, 2.45) is 4.99 Å². The number of carbonyl (C=O) groups excluding carboxylic acids is 1. The van der Waals surface area contributed by atoms with Crippen molar-refractivity contribution >= 4 is 35.9 Å². The third kappa shape index (κ3) is 8.05. The summed E-state index contributed by atoms with van der Waals surface area (Å²) in [6.07, 6.45) is -4.14. The Morgan fingerprint density at radius 2 is 1.83 bits per heavy atom. The molecule has 0 amide bonds. The molecule has 5 nitrogen and oxygen atoms in total. The van der Waals surface area contributed by atoms with Crippen molar-refractivity contribution in [3.63, 3.8) is 0 Å². The second kappa shape index (κ2) is 10.3. The van der Waals surface area contributed by atoms with Gasteiger partial charge < -0.3 is 15.4 Å². The number of halogens is 4. The van der Waals surface area contributed by atoms with E-state index in [4.69, 9.17) is 0 Å². The highest BCUT2D eigenvalue weighted by atomic mass is 127. The van der Waals surface area contributed by atoms with E-state index in [0.29, 0.717) is 24.6 Å². The molecule has 130 valence electrons. The number of benzene rings is 1. The first-order chi connectivity index (χ1) is 10.4. The Bertz CT molecular complexity index is 519. The van der Waals surface area contributed by atoms with Gasteiger partial charge in [0.1, 0.15) is 0 Å². The SMILES string of the molecule is CN=C(NCCC(=O)OC)NCc1ccc(C(F)(F)F)cc1.I. The monoisotopic (exact) mass is 445 g/mol. The quantitative estimate of drug-likeness (QED) is 0.317.